The molecule has 0 heterocycles. The van der Waals surface area contributed by atoms with E-state index in [0.717, 1.165) is 32.4 Å². The van der Waals surface area contributed by atoms with Crippen molar-refractivity contribution in [3.05, 3.63) is 0 Å². The average molecular weight is 230 g/mol. The summed E-state index contributed by atoms with van der Waals surface area (Å²) in [4.78, 5) is 13.8. The molecule has 0 amide bonds. The summed E-state index contributed by atoms with van der Waals surface area (Å²) in [6, 6.07) is -0.0817. The molecule has 0 spiro atoms. The van der Waals surface area contributed by atoms with Crippen LogP contribution in [0.1, 0.15) is 33.1 Å². The van der Waals surface area contributed by atoms with Crippen molar-refractivity contribution in [2.24, 2.45) is 0 Å². The second kappa shape index (κ2) is 9.60. The summed E-state index contributed by atoms with van der Waals surface area (Å²) >= 11 is 0. The fourth-order valence-electron chi connectivity index (χ4n) is 1.69. The summed E-state index contributed by atoms with van der Waals surface area (Å²) in [7, 11) is 3.93. The van der Waals surface area contributed by atoms with Gasteiger partial charge in [-0.3, -0.25) is 9.69 Å². The van der Waals surface area contributed by atoms with E-state index in [1.165, 1.54) is 0 Å². The van der Waals surface area contributed by atoms with Crippen molar-refractivity contribution < 1.29 is 9.53 Å². The molecule has 1 N–H and O–H groups in total. The van der Waals surface area contributed by atoms with Crippen molar-refractivity contribution in [3.8, 4) is 0 Å². The van der Waals surface area contributed by atoms with Crippen LogP contribution < -0.4 is 5.32 Å². The van der Waals surface area contributed by atoms with Gasteiger partial charge in [0, 0.05) is 0 Å². The maximum atomic E-state index is 11.7. The molecular weight excluding hydrogens is 204 g/mol. The number of nitrogens with one attached hydrogen (secondary N) is 1. The van der Waals surface area contributed by atoms with E-state index < -0.39 is 0 Å². The lowest BCUT2D eigenvalue weighted by Crippen LogP contribution is -2.40. The Hall–Kier alpha value is -0.610. The van der Waals surface area contributed by atoms with E-state index in [1.807, 2.05) is 21.0 Å². The van der Waals surface area contributed by atoms with Gasteiger partial charge in [0.05, 0.1) is 6.61 Å². The molecule has 0 aliphatic carbocycles. The van der Waals surface area contributed by atoms with E-state index in [9.17, 15) is 4.79 Å². The summed E-state index contributed by atoms with van der Waals surface area (Å²) in [5.41, 5.74) is 0. The average Bonchev–Trinajstić information content (AvgIpc) is 2.26. The lowest BCUT2D eigenvalue weighted by molar-refractivity contribution is -0.149. The predicted octanol–water partition coefficient (Wildman–Crippen LogP) is 1.26. The molecule has 96 valence electrons. The summed E-state index contributed by atoms with van der Waals surface area (Å²) in [6.45, 7) is 6.30. The zero-order valence-corrected chi connectivity index (χ0v) is 11.1. The molecule has 0 fully saturated rings. The number of likely N-dealkylation sites (N-methyl/N-ethyl adjacent to an activating group) is 1. The van der Waals surface area contributed by atoms with Crippen LogP contribution in [-0.2, 0) is 9.53 Å². The molecule has 1 unspecified atom stereocenters. The van der Waals surface area contributed by atoms with Crippen LogP contribution in [0.4, 0.5) is 0 Å². The molecule has 0 saturated heterocycles. The Morgan fingerprint density at radius 1 is 1.44 bits per heavy atom. The normalized spacial score (nSPS) is 12.8. The largest absolute Gasteiger partial charge is 0.465 e. The molecule has 4 nitrogen and oxygen atoms in total. The van der Waals surface area contributed by atoms with Crippen molar-refractivity contribution in [1.29, 1.82) is 0 Å². The molecule has 1 atom stereocenters. The lowest BCUT2D eigenvalue weighted by atomic mass is 10.1. The highest BCUT2D eigenvalue weighted by Crippen LogP contribution is 2.07. The van der Waals surface area contributed by atoms with Crippen LogP contribution in [0.5, 0.6) is 0 Å². The first kappa shape index (κ1) is 15.4. The fourth-order valence-corrected chi connectivity index (χ4v) is 1.69. The van der Waals surface area contributed by atoms with Crippen LogP contribution in [0.15, 0.2) is 0 Å². The highest BCUT2D eigenvalue weighted by Gasteiger charge is 2.22. The van der Waals surface area contributed by atoms with E-state index >= 15 is 0 Å². The minimum Gasteiger partial charge on any atom is -0.465 e. The molecule has 0 aromatic carbocycles. The van der Waals surface area contributed by atoms with Crippen molar-refractivity contribution in [2.75, 3.05) is 33.8 Å². The van der Waals surface area contributed by atoms with Gasteiger partial charge in [0.25, 0.3) is 0 Å². The molecular formula is C12H26N2O2. The molecule has 0 aromatic heterocycles. The van der Waals surface area contributed by atoms with Gasteiger partial charge in [0.15, 0.2) is 0 Å². The lowest BCUT2D eigenvalue weighted by Gasteiger charge is -2.25. The summed E-state index contributed by atoms with van der Waals surface area (Å²) < 4.78 is 5.09. The van der Waals surface area contributed by atoms with Gasteiger partial charge in [-0.05, 0) is 47.0 Å². The number of esters is 1. The minimum absolute atomic E-state index is 0.0817. The van der Waals surface area contributed by atoms with Gasteiger partial charge in [-0.1, -0.05) is 13.3 Å². The van der Waals surface area contributed by atoms with E-state index in [4.69, 9.17) is 4.74 Å². The Bertz CT molecular complexity index is 186. The van der Waals surface area contributed by atoms with Crippen LogP contribution in [0.3, 0.4) is 0 Å². The second-order valence-electron chi connectivity index (χ2n) is 3.99. The molecule has 16 heavy (non-hydrogen) atoms. The Morgan fingerprint density at radius 2 is 2.12 bits per heavy atom. The van der Waals surface area contributed by atoms with Crippen molar-refractivity contribution >= 4 is 5.97 Å². The van der Waals surface area contributed by atoms with E-state index in [0.29, 0.717) is 6.61 Å². The predicted molar refractivity (Wildman–Crippen MR) is 66.5 cm³/mol. The first-order valence-electron chi connectivity index (χ1n) is 6.18. The highest BCUT2D eigenvalue weighted by molar-refractivity contribution is 5.75. The molecule has 0 aliphatic heterocycles. The third-order valence-corrected chi connectivity index (χ3v) is 2.59. The second-order valence-corrected chi connectivity index (χ2v) is 3.99. The molecule has 0 saturated carbocycles. The maximum absolute atomic E-state index is 11.7. The molecule has 0 bridgehead atoms. The monoisotopic (exact) mass is 230 g/mol. The van der Waals surface area contributed by atoms with E-state index in [2.05, 4.69) is 17.1 Å². The quantitative estimate of drug-likeness (QED) is 0.478. The van der Waals surface area contributed by atoms with Crippen molar-refractivity contribution in [3.63, 3.8) is 0 Å². The van der Waals surface area contributed by atoms with Crippen LogP contribution in [0, 0.1) is 0 Å². The third kappa shape index (κ3) is 6.08. The number of hydrogen-bond acceptors (Lipinski definition) is 4. The summed E-state index contributed by atoms with van der Waals surface area (Å²) in [5, 5.41) is 3.11. The number of carbonyl (C=O) groups excluding carboxylic acids is 1. The van der Waals surface area contributed by atoms with Gasteiger partial charge in [0.2, 0.25) is 0 Å². The Kier molecular flexibility index (Phi) is 9.24. The smallest absolute Gasteiger partial charge is 0.323 e. The minimum atomic E-state index is -0.0868. The Labute approximate surface area is 99.3 Å². The van der Waals surface area contributed by atoms with E-state index in [-0.39, 0.29) is 12.0 Å². The van der Waals surface area contributed by atoms with Crippen LogP contribution in [0.25, 0.3) is 0 Å². The maximum Gasteiger partial charge on any atom is 0.323 e. The molecule has 0 rings (SSSR count). The first-order valence-corrected chi connectivity index (χ1v) is 6.18. The zero-order chi connectivity index (χ0) is 12.4. The number of hydrogen-bond donors (Lipinski definition) is 1. The standard InChI is InChI=1S/C12H26N2O2/c1-5-8-11(12(15)16-6-2)14(4)10-7-9-13-3/h11,13H,5-10H2,1-4H3. The number of rotatable bonds is 9. The van der Waals surface area contributed by atoms with Crippen molar-refractivity contribution in [1.82, 2.24) is 10.2 Å². The van der Waals surface area contributed by atoms with E-state index in [1.54, 1.807) is 0 Å². The first-order chi connectivity index (χ1) is 7.67. The van der Waals surface area contributed by atoms with Crippen LogP contribution in [-0.4, -0.2) is 50.7 Å². The SMILES string of the molecule is CCCC(C(=O)OCC)N(C)CCCNC. The zero-order valence-electron chi connectivity index (χ0n) is 11.1. The van der Waals surface area contributed by atoms with Gasteiger partial charge in [-0.25, -0.2) is 0 Å². The van der Waals surface area contributed by atoms with Crippen LogP contribution in [0.2, 0.25) is 0 Å². The Balaban J connectivity index is 4.11. The van der Waals surface area contributed by atoms with Gasteiger partial charge in [-0.15, -0.1) is 0 Å². The summed E-state index contributed by atoms with van der Waals surface area (Å²) in [5.74, 6) is -0.0868. The molecule has 0 radical (unpaired) electrons. The number of nitrogens with zero attached hydrogens (tertiary/aromatic N) is 1. The Morgan fingerprint density at radius 3 is 2.62 bits per heavy atom. The van der Waals surface area contributed by atoms with Gasteiger partial charge in [0.1, 0.15) is 6.04 Å². The fraction of sp³-hybridized carbons (Fsp3) is 0.917. The van der Waals surface area contributed by atoms with Crippen LogP contribution >= 0.6 is 0 Å². The highest BCUT2D eigenvalue weighted by atomic mass is 16.5. The van der Waals surface area contributed by atoms with Gasteiger partial charge >= 0.3 is 5.97 Å². The molecule has 4 heteroatoms. The van der Waals surface area contributed by atoms with Gasteiger partial charge in [-0.2, -0.15) is 0 Å². The number of ether oxygens (including phenoxy) is 1. The molecule has 0 aliphatic rings. The summed E-state index contributed by atoms with van der Waals surface area (Å²) in [6.07, 6.45) is 2.92. The van der Waals surface area contributed by atoms with Gasteiger partial charge < -0.3 is 10.1 Å². The topological polar surface area (TPSA) is 41.6 Å². The van der Waals surface area contributed by atoms with Crippen molar-refractivity contribution in [2.45, 2.75) is 39.2 Å². The number of carbonyl (C=O) groups is 1. The third-order valence-electron chi connectivity index (χ3n) is 2.59. The molecule has 0 aromatic rings.